The first-order valence-electron chi connectivity index (χ1n) is 4.62. The molecular formula is C11H13NO. The molecule has 0 aromatic carbocycles. The van der Waals surface area contributed by atoms with Crippen molar-refractivity contribution in [1.29, 1.82) is 0 Å². The molecule has 0 aliphatic carbocycles. The number of pyridine rings is 1. The summed E-state index contributed by atoms with van der Waals surface area (Å²) in [6.07, 6.45) is 6.16. The van der Waals surface area contributed by atoms with Gasteiger partial charge in [0.25, 0.3) is 0 Å². The fourth-order valence-corrected chi connectivity index (χ4v) is 1.41. The van der Waals surface area contributed by atoms with Gasteiger partial charge in [-0.1, -0.05) is 0 Å². The van der Waals surface area contributed by atoms with Crippen molar-refractivity contribution in [3.8, 4) is 0 Å². The number of hydrogen-bond donors (Lipinski definition) is 0. The minimum atomic E-state index is 0.821. The second kappa shape index (κ2) is 3.60. The first kappa shape index (κ1) is 8.30. The molecular weight excluding hydrogens is 162 g/mol. The standard InChI is InChI=1S/C11H13NO/c1-9-5-6-12-10(8-9)11-4-2-3-7-13-11/h4-6,8H,2-3,7H2,1H3. The number of aromatic nitrogens is 1. The lowest BCUT2D eigenvalue weighted by molar-refractivity contribution is 0.257. The molecule has 1 aliphatic heterocycles. The van der Waals surface area contributed by atoms with Crippen molar-refractivity contribution >= 4 is 5.76 Å². The van der Waals surface area contributed by atoms with Crippen LogP contribution in [0.1, 0.15) is 24.1 Å². The average molecular weight is 175 g/mol. The quantitative estimate of drug-likeness (QED) is 0.654. The fraction of sp³-hybridized carbons (Fsp3) is 0.364. The Kier molecular flexibility index (Phi) is 2.30. The maximum Gasteiger partial charge on any atom is 0.140 e. The molecule has 0 N–H and O–H groups in total. The predicted molar refractivity (Wildman–Crippen MR) is 52.1 cm³/mol. The Morgan fingerprint density at radius 3 is 3.08 bits per heavy atom. The van der Waals surface area contributed by atoms with Crippen LogP contribution in [0.2, 0.25) is 0 Å². The van der Waals surface area contributed by atoms with Gasteiger partial charge in [-0.15, -0.1) is 0 Å². The van der Waals surface area contributed by atoms with Crippen LogP contribution in [0, 0.1) is 6.92 Å². The summed E-state index contributed by atoms with van der Waals surface area (Å²) in [5.74, 6) is 0.940. The Bertz CT molecular complexity index is 331. The fourth-order valence-electron chi connectivity index (χ4n) is 1.41. The monoisotopic (exact) mass is 175 g/mol. The summed E-state index contributed by atoms with van der Waals surface area (Å²) in [5.41, 5.74) is 2.18. The summed E-state index contributed by atoms with van der Waals surface area (Å²) in [4.78, 5) is 4.27. The summed E-state index contributed by atoms with van der Waals surface area (Å²) >= 11 is 0. The van der Waals surface area contributed by atoms with Crippen molar-refractivity contribution in [2.75, 3.05) is 6.61 Å². The zero-order valence-electron chi connectivity index (χ0n) is 7.79. The highest BCUT2D eigenvalue weighted by Gasteiger charge is 2.07. The Labute approximate surface area is 78.3 Å². The molecule has 2 heteroatoms. The van der Waals surface area contributed by atoms with Gasteiger partial charge in [-0.2, -0.15) is 0 Å². The molecule has 0 saturated heterocycles. The van der Waals surface area contributed by atoms with Crippen molar-refractivity contribution in [3.05, 3.63) is 35.7 Å². The molecule has 2 rings (SSSR count). The van der Waals surface area contributed by atoms with E-state index in [-0.39, 0.29) is 0 Å². The van der Waals surface area contributed by atoms with Crippen molar-refractivity contribution < 1.29 is 4.74 Å². The summed E-state index contributed by atoms with van der Waals surface area (Å²) in [5, 5.41) is 0. The molecule has 13 heavy (non-hydrogen) atoms. The molecule has 0 spiro atoms. The molecule has 0 radical (unpaired) electrons. The highest BCUT2D eigenvalue weighted by molar-refractivity contribution is 5.57. The zero-order valence-corrected chi connectivity index (χ0v) is 7.79. The number of hydrogen-bond acceptors (Lipinski definition) is 2. The van der Waals surface area contributed by atoms with Crippen molar-refractivity contribution in [2.45, 2.75) is 19.8 Å². The molecule has 0 bridgehead atoms. The van der Waals surface area contributed by atoms with Gasteiger partial charge in [0, 0.05) is 6.20 Å². The lowest BCUT2D eigenvalue weighted by Gasteiger charge is -2.14. The predicted octanol–water partition coefficient (Wildman–Crippen LogP) is 2.54. The number of nitrogens with zero attached hydrogens (tertiary/aromatic N) is 1. The first-order valence-corrected chi connectivity index (χ1v) is 4.62. The van der Waals surface area contributed by atoms with E-state index in [9.17, 15) is 0 Å². The largest absolute Gasteiger partial charge is 0.492 e. The number of aryl methyl sites for hydroxylation is 1. The van der Waals surface area contributed by atoms with E-state index in [1.54, 1.807) is 0 Å². The first-order chi connectivity index (χ1) is 6.36. The maximum atomic E-state index is 5.52. The smallest absolute Gasteiger partial charge is 0.140 e. The van der Waals surface area contributed by atoms with E-state index >= 15 is 0 Å². The topological polar surface area (TPSA) is 22.1 Å². The van der Waals surface area contributed by atoms with Crippen molar-refractivity contribution in [3.63, 3.8) is 0 Å². The van der Waals surface area contributed by atoms with Gasteiger partial charge in [0.2, 0.25) is 0 Å². The van der Waals surface area contributed by atoms with Gasteiger partial charge < -0.3 is 4.74 Å². The number of ether oxygens (including phenoxy) is 1. The average Bonchev–Trinajstić information content (AvgIpc) is 2.19. The number of allylic oxidation sites excluding steroid dienone is 1. The summed E-state index contributed by atoms with van der Waals surface area (Å²) in [6, 6.07) is 4.05. The Morgan fingerprint density at radius 1 is 1.46 bits per heavy atom. The normalized spacial score (nSPS) is 16.2. The Morgan fingerprint density at radius 2 is 2.38 bits per heavy atom. The molecule has 68 valence electrons. The van der Waals surface area contributed by atoms with Gasteiger partial charge in [-0.05, 0) is 43.5 Å². The molecule has 1 aliphatic rings. The van der Waals surface area contributed by atoms with Gasteiger partial charge >= 0.3 is 0 Å². The third kappa shape index (κ3) is 1.89. The highest BCUT2D eigenvalue weighted by atomic mass is 16.5. The van der Waals surface area contributed by atoms with E-state index in [0.717, 1.165) is 30.9 Å². The molecule has 1 aromatic rings. The van der Waals surface area contributed by atoms with Crippen LogP contribution in [-0.4, -0.2) is 11.6 Å². The van der Waals surface area contributed by atoms with Crippen LogP contribution in [0.15, 0.2) is 24.4 Å². The molecule has 0 atom stereocenters. The van der Waals surface area contributed by atoms with Gasteiger partial charge in [-0.25, -0.2) is 0 Å². The van der Waals surface area contributed by atoms with Crippen LogP contribution < -0.4 is 0 Å². The second-order valence-corrected chi connectivity index (χ2v) is 3.28. The van der Waals surface area contributed by atoms with Crippen LogP contribution in [0.4, 0.5) is 0 Å². The van der Waals surface area contributed by atoms with Gasteiger partial charge in [0.15, 0.2) is 0 Å². The Hall–Kier alpha value is -1.31. The zero-order chi connectivity index (χ0) is 9.10. The molecule has 2 heterocycles. The van der Waals surface area contributed by atoms with Crippen LogP contribution in [0.3, 0.4) is 0 Å². The van der Waals surface area contributed by atoms with Gasteiger partial charge in [0.05, 0.1) is 6.61 Å². The molecule has 0 unspecified atom stereocenters. The Balaban J connectivity index is 2.29. The molecule has 0 amide bonds. The van der Waals surface area contributed by atoms with Crippen molar-refractivity contribution in [1.82, 2.24) is 4.98 Å². The number of rotatable bonds is 1. The molecule has 2 nitrogen and oxygen atoms in total. The molecule has 0 fully saturated rings. The van der Waals surface area contributed by atoms with E-state index in [0.29, 0.717) is 0 Å². The van der Waals surface area contributed by atoms with Gasteiger partial charge in [-0.3, -0.25) is 4.98 Å². The van der Waals surface area contributed by atoms with Crippen LogP contribution >= 0.6 is 0 Å². The van der Waals surface area contributed by atoms with E-state index in [2.05, 4.69) is 24.1 Å². The van der Waals surface area contributed by atoms with E-state index in [4.69, 9.17) is 4.74 Å². The maximum absolute atomic E-state index is 5.52. The van der Waals surface area contributed by atoms with E-state index in [1.807, 2.05) is 12.3 Å². The third-order valence-electron chi connectivity index (χ3n) is 2.10. The van der Waals surface area contributed by atoms with E-state index < -0.39 is 0 Å². The van der Waals surface area contributed by atoms with Gasteiger partial charge in [0.1, 0.15) is 11.5 Å². The minimum Gasteiger partial charge on any atom is -0.492 e. The van der Waals surface area contributed by atoms with E-state index in [1.165, 1.54) is 5.56 Å². The lowest BCUT2D eigenvalue weighted by atomic mass is 10.1. The van der Waals surface area contributed by atoms with Crippen LogP contribution in [0.5, 0.6) is 0 Å². The molecule has 0 saturated carbocycles. The third-order valence-corrected chi connectivity index (χ3v) is 2.10. The lowest BCUT2D eigenvalue weighted by Crippen LogP contribution is -2.01. The SMILES string of the molecule is Cc1ccnc(C2=CCCCO2)c1. The van der Waals surface area contributed by atoms with Crippen LogP contribution in [0.25, 0.3) is 5.76 Å². The highest BCUT2D eigenvalue weighted by Crippen LogP contribution is 2.19. The summed E-state index contributed by atoms with van der Waals surface area (Å²) < 4.78 is 5.52. The minimum absolute atomic E-state index is 0.821. The van der Waals surface area contributed by atoms with Crippen LogP contribution in [-0.2, 0) is 4.74 Å². The second-order valence-electron chi connectivity index (χ2n) is 3.28. The summed E-state index contributed by atoms with van der Waals surface area (Å²) in [6.45, 7) is 2.88. The van der Waals surface area contributed by atoms with Crippen molar-refractivity contribution in [2.24, 2.45) is 0 Å². The molecule has 1 aromatic heterocycles. The summed E-state index contributed by atoms with van der Waals surface area (Å²) in [7, 11) is 0.